The third-order valence-corrected chi connectivity index (χ3v) is 4.66. The van der Waals surface area contributed by atoms with E-state index in [0.717, 1.165) is 45.4 Å². The quantitative estimate of drug-likeness (QED) is 0.789. The maximum atomic E-state index is 10.2. The van der Waals surface area contributed by atoms with Crippen LogP contribution in [-0.4, -0.2) is 47.3 Å². The van der Waals surface area contributed by atoms with Gasteiger partial charge in [0.05, 0.1) is 5.60 Å². The van der Waals surface area contributed by atoms with Gasteiger partial charge < -0.3 is 15.3 Å². The van der Waals surface area contributed by atoms with E-state index in [1.165, 1.54) is 12.8 Å². The largest absolute Gasteiger partial charge is 0.390 e. The molecule has 2 N–H and O–H groups in total. The SMILES string of the molecule is CCCC(C)(CNC(C)(C)C)CN1CCCC(C)(O)CC1. The van der Waals surface area contributed by atoms with E-state index in [9.17, 15) is 5.11 Å². The van der Waals surface area contributed by atoms with Gasteiger partial charge in [0.1, 0.15) is 0 Å². The molecule has 1 saturated heterocycles. The Morgan fingerprint density at radius 3 is 2.38 bits per heavy atom. The Morgan fingerprint density at radius 1 is 1.14 bits per heavy atom. The average Bonchev–Trinajstić information content (AvgIpc) is 2.48. The lowest BCUT2D eigenvalue weighted by Crippen LogP contribution is -2.47. The van der Waals surface area contributed by atoms with Gasteiger partial charge in [-0.1, -0.05) is 20.3 Å². The van der Waals surface area contributed by atoms with Gasteiger partial charge in [0.2, 0.25) is 0 Å². The van der Waals surface area contributed by atoms with E-state index in [1.54, 1.807) is 0 Å². The normalized spacial score (nSPS) is 28.1. The molecule has 0 radical (unpaired) electrons. The molecule has 2 unspecified atom stereocenters. The average molecular weight is 299 g/mol. The summed E-state index contributed by atoms with van der Waals surface area (Å²) in [6, 6.07) is 0. The van der Waals surface area contributed by atoms with Gasteiger partial charge in [-0.2, -0.15) is 0 Å². The van der Waals surface area contributed by atoms with E-state index in [2.05, 4.69) is 44.8 Å². The van der Waals surface area contributed by atoms with Gasteiger partial charge in [0.25, 0.3) is 0 Å². The van der Waals surface area contributed by atoms with E-state index in [1.807, 2.05) is 6.92 Å². The van der Waals surface area contributed by atoms with Crippen molar-refractivity contribution in [1.82, 2.24) is 10.2 Å². The zero-order valence-electron chi connectivity index (χ0n) is 15.3. The zero-order chi connectivity index (χ0) is 16.1. The highest BCUT2D eigenvalue weighted by molar-refractivity contribution is 4.86. The van der Waals surface area contributed by atoms with Crippen LogP contribution in [0.25, 0.3) is 0 Å². The molecule has 1 aliphatic rings. The van der Waals surface area contributed by atoms with Crippen LogP contribution in [0, 0.1) is 5.41 Å². The first-order chi connectivity index (χ1) is 9.55. The predicted octanol–water partition coefficient (Wildman–Crippen LogP) is 3.42. The minimum absolute atomic E-state index is 0.178. The van der Waals surface area contributed by atoms with Gasteiger partial charge in [-0.3, -0.25) is 0 Å². The molecule has 0 aromatic rings. The lowest BCUT2D eigenvalue weighted by molar-refractivity contribution is 0.0426. The fourth-order valence-electron chi connectivity index (χ4n) is 3.32. The molecule has 1 fully saturated rings. The second-order valence-electron chi connectivity index (χ2n) is 8.79. The first kappa shape index (κ1) is 18.9. The van der Waals surface area contributed by atoms with E-state index in [4.69, 9.17) is 0 Å². The monoisotopic (exact) mass is 298 g/mol. The highest BCUT2D eigenvalue weighted by Crippen LogP contribution is 2.28. The summed E-state index contributed by atoms with van der Waals surface area (Å²) in [6.45, 7) is 17.8. The van der Waals surface area contributed by atoms with Crippen LogP contribution in [-0.2, 0) is 0 Å². The van der Waals surface area contributed by atoms with Gasteiger partial charge >= 0.3 is 0 Å². The van der Waals surface area contributed by atoms with Crippen LogP contribution in [0.4, 0.5) is 0 Å². The molecule has 21 heavy (non-hydrogen) atoms. The third kappa shape index (κ3) is 7.62. The van der Waals surface area contributed by atoms with Crippen LogP contribution in [0.1, 0.15) is 73.6 Å². The summed E-state index contributed by atoms with van der Waals surface area (Å²) in [5, 5.41) is 13.9. The number of hydrogen-bond acceptors (Lipinski definition) is 3. The lowest BCUT2D eigenvalue weighted by Gasteiger charge is -2.38. The maximum Gasteiger partial charge on any atom is 0.0632 e. The van der Waals surface area contributed by atoms with Crippen molar-refractivity contribution in [3.63, 3.8) is 0 Å². The molecular formula is C18H38N2O. The molecule has 3 heteroatoms. The second-order valence-corrected chi connectivity index (χ2v) is 8.79. The fraction of sp³-hybridized carbons (Fsp3) is 1.00. The summed E-state index contributed by atoms with van der Waals surface area (Å²) >= 11 is 0. The number of aliphatic hydroxyl groups is 1. The first-order valence-electron chi connectivity index (χ1n) is 8.75. The highest BCUT2D eigenvalue weighted by Gasteiger charge is 2.31. The Balaban J connectivity index is 2.60. The Labute approximate surface area is 132 Å². The molecule has 1 heterocycles. The van der Waals surface area contributed by atoms with Crippen molar-refractivity contribution in [3.05, 3.63) is 0 Å². The minimum Gasteiger partial charge on any atom is -0.390 e. The van der Waals surface area contributed by atoms with Gasteiger partial charge in [-0.15, -0.1) is 0 Å². The summed E-state index contributed by atoms with van der Waals surface area (Å²) in [7, 11) is 0. The smallest absolute Gasteiger partial charge is 0.0632 e. The Morgan fingerprint density at radius 2 is 1.81 bits per heavy atom. The number of nitrogens with one attached hydrogen (secondary N) is 1. The van der Waals surface area contributed by atoms with Gasteiger partial charge in [-0.25, -0.2) is 0 Å². The van der Waals surface area contributed by atoms with Gasteiger partial charge in [-0.05, 0) is 65.3 Å². The van der Waals surface area contributed by atoms with Crippen molar-refractivity contribution in [2.45, 2.75) is 84.8 Å². The number of likely N-dealkylation sites (tertiary alicyclic amines) is 1. The molecule has 0 spiro atoms. The number of nitrogens with zero attached hydrogens (tertiary/aromatic N) is 1. The molecule has 0 aromatic heterocycles. The van der Waals surface area contributed by atoms with Crippen LogP contribution < -0.4 is 5.32 Å². The molecule has 0 aromatic carbocycles. The molecule has 0 bridgehead atoms. The van der Waals surface area contributed by atoms with Crippen LogP contribution in [0.3, 0.4) is 0 Å². The summed E-state index contributed by atoms with van der Waals surface area (Å²) < 4.78 is 0. The van der Waals surface area contributed by atoms with Crippen molar-refractivity contribution in [3.8, 4) is 0 Å². The molecule has 126 valence electrons. The van der Waals surface area contributed by atoms with E-state index < -0.39 is 5.60 Å². The Hall–Kier alpha value is -0.120. The van der Waals surface area contributed by atoms with Crippen LogP contribution in [0.15, 0.2) is 0 Å². The Bertz CT molecular complexity index is 309. The molecule has 0 saturated carbocycles. The Kier molecular flexibility index (Phi) is 6.70. The number of rotatable bonds is 6. The van der Waals surface area contributed by atoms with E-state index in [-0.39, 0.29) is 5.54 Å². The molecule has 0 aliphatic carbocycles. The molecule has 1 aliphatic heterocycles. The predicted molar refractivity (Wildman–Crippen MR) is 91.7 cm³/mol. The van der Waals surface area contributed by atoms with Crippen molar-refractivity contribution in [1.29, 1.82) is 0 Å². The summed E-state index contributed by atoms with van der Waals surface area (Å²) in [5.41, 5.74) is 0.0370. The topological polar surface area (TPSA) is 35.5 Å². The molecular weight excluding hydrogens is 260 g/mol. The molecule has 2 atom stereocenters. The summed E-state index contributed by atoms with van der Waals surface area (Å²) in [6.07, 6.45) is 5.44. The fourth-order valence-corrected chi connectivity index (χ4v) is 3.32. The van der Waals surface area contributed by atoms with Crippen LogP contribution in [0.2, 0.25) is 0 Å². The van der Waals surface area contributed by atoms with Gasteiger partial charge in [0.15, 0.2) is 0 Å². The molecule has 1 rings (SSSR count). The lowest BCUT2D eigenvalue weighted by atomic mass is 9.84. The zero-order valence-corrected chi connectivity index (χ0v) is 15.3. The molecule has 3 nitrogen and oxygen atoms in total. The third-order valence-electron chi connectivity index (χ3n) is 4.66. The van der Waals surface area contributed by atoms with E-state index >= 15 is 0 Å². The van der Waals surface area contributed by atoms with Gasteiger partial charge in [0, 0.05) is 25.2 Å². The van der Waals surface area contributed by atoms with Crippen LogP contribution in [0.5, 0.6) is 0 Å². The summed E-state index contributed by atoms with van der Waals surface area (Å²) in [5.74, 6) is 0. The summed E-state index contributed by atoms with van der Waals surface area (Å²) in [4.78, 5) is 2.57. The number of hydrogen-bond donors (Lipinski definition) is 2. The second kappa shape index (κ2) is 7.43. The highest BCUT2D eigenvalue weighted by atomic mass is 16.3. The first-order valence-corrected chi connectivity index (χ1v) is 8.75. The van der Waals surface area contributed by atoms with Crippen molar-refractivity contribution >= 4 is 0 Å². The van der Waals surface area contributed by atoms with Crippen molar-refractivity contribution in [2.75, 3.05) is 26.2 Å². The van der Waals surface area contributed by atoms with E-state index in [0.29, 0.717) is 5.41 Å². The standard InChI is InChI=1S/C18H38N2O/c1-7-9-17(5,14-19-16(2,3)4)15-20-12-8-10-18(6,21)11-13-20/h19,21H,7-15H2,1-6H3. The molecule has 0 amide bonds. The minimum atomic E-state index is -0.459. The van der Waals surface area contributed by atoms with Crippen LogP contribution >= 0.6 is 0 Å². The van der Waals surface area contributed by atoms with Crippen molar-refractivity contribution in [2.24, 2.45) is 5.41 Å². The van der Waals surface area contributed by atoms with Crippen molar-refractivity contribution < 1.29 is 5.11 Å². The maximum absolute atomic E-state index is 10.2.